The van der Waals surface area contributed by atoms with Crippen molar-refractivity contribution in [2.24, 2.45) is 0 Å². The first-order chi connectivity index (χ1) is 9.84. The molecule has 0 amide bonds. The lowest BCUT2D eigenvalue weighted by atomic mass is 10.1. The molecule has 0 radical (unpaired) electrons. The summed E-state index contributed by atoms with van der Waals surface area (Å²) >= 11 is 0. The van der Waals surface area contributed by atoms with Gasteiger partial charge in [-0.2, -0.15) is 0 Å². The van der Waals surface area contributed by atoms with Crippen molar-refractivity contribution in [2.45, 2.75) is 19.8 Å². The van der Waals surface area contributed by atoms with Crippen molar-refractivity contribution in [1.29, 1.82) is 0 Å². The molecule has 1 aliphatic heterocycles. The Labute approximate surface area is 118 Å². The normalized spacial score (nSPS) is 15.2. The highest BCUT2D eigenvalue weighted by atomic mass is 16.5. The summed E-state index contributed by atoms with van der Waals surface area (Å²) in [5.41, 5.74) is 3.67. The molecule has 1 aliphatic rings. The van der Waals surface area contributed by atoms with Crippen LogP contribution in [0.4, 0.5) is 5.82 Å². The number of nitrogens with one attached hydrogen (secondary N) is 1. The molecule has 0 fully saturated rings. The molecule has 0 saturated heterocycles. The fraction of sp³-hybridized carbons (Fsp3) is 0.375. The van der Waals surface area contributed by atoms with E-state index in [0.717, 1.165) is 49.3 Å². The molecule has 3 rings (SSSR count). The number of hydrogen-bond acceptors (Lipinski definition) is 4. The van der Waals surface area contributed by atoms with Crippen molar-refractivity contribution in [3.05, 3.63) is 41.7 Å². The second kappa shape index (κ2) is 6.01. The highest BCUT2D eigenvalue weighted by Crippen LogP contribution is 2.23. The summed E-state index contributed by atoms with van der Waals surface area (Å²) in [6.07, 6.45) is 5.90. The summed E-state index contributed by atoms with van der Waals surface area (Å²) in [5, 5.41) is 4.56. The number of nitrogens with zero attached hydrogens (tertiary/aromatic N) is 2. The van der Waals surface area contributed by atoms with Gasteiger partial charge in [0.2, 0.25) is 0 Å². The quantitative estimate of drug-likeness (QED) is 0.866. The minimum absolute atomic E-state index is 0.755. The molecular formula is C16H19N3O. The summed E-state index contributed by atoms with van der Waals surface area (Å²) in [5.74, 6) is 0.931. The molecule has 4 nitrogen and oxygen atoms in total. The summed E-state index contributed by atoms with van der Waals surface area (Å²) in [6.45, 7) is 4.59. The van der Waals surface area contributed by atoms with Crippen LogP contribution in [0, 0.1) is 6.92 Å². The molecule has 0 bridgehead atoms. The van der Waals surface area contributed by atoms with E-state index >= 15 is 0 Å². The second-order valence-corrected chi connectivity index (χ2v) is 5.06. The van der Waals surface area contributed by atoms with E-state index in [1.165, 1.54) is 11.1 Å². The number of aryl methyl sites for hydroxylation is 1. The molecule has 0 atom stereocenters. The Morgan fingerprint density at radius 1 is 1.30 bits per heavy atom. The Kier molecular flexibility index (Phi) is 3.92. The lowest BCUT2D eigenvalue weighted by Crippen LogP contribution is -2.10. The van der Waals surface area contributed by atoms with E-state index in [0.29, 0.717) is 0 Å². The van der Waals surface area contributed by atoms with E-state index in [-0.39, 0.29) is 0 Å². The van der Waals surface area contributed by atoms with Gasteiger partial charge in [-0.05, 0) is 31.4 Å². The zero-order valence-corrected chi connectivity index (χ0v) is 11.7. The van der Waals surface area contributed by atoms with Gasteiger partial charge in [-0.25, -0.2) is 9.97 Å². The van der Waals surface area contributed by atoms with Crippen molar-refractivity contribution in [3.63, 3.8) is 0 Å². The first-order valence-electron chi connectivity index (χ1n) is 7.04. The first-order valence-corrected chi connectivity index (χ1v) is 7.04. The zero-order chi connectivity index (χ0) is 13.8. The monoisotopic (exact) mass is 269 g/mol. The Bertz CT molecular complexity index is 631. The Morgan fingerprint density at radius 3 is 3.10 bits per heavy atom. The van der Waals surface area contributed by atoms with E-state index in [4.69, 9.17) is 4.74 Å². The zero-order valence-electron chi connectivity index (χ0n) is 11.7. The van der Waals surface area contributed by atoms with Gasteiger partial charge in [0, 0.05) is 11.9 Å². The molecule has 4 heteroatoms. The van der Waals surface area contributed by atoms with Crippen molar-refractivity contribution in [2.75, 3.05) is 25.1 Å². The van der Waals surface area contributed by atoms with Crippen molar-refractivity contribution < 1.29 is 4.74 Å². The Balaban J connectivity index is 1.73. The third-order valence-electron chi connectivity index (χ3n) is 3.67. The van der Waals surface area contributed by atoms with Crippen LogP contribution in [-0.2, 0) is 4.74 Å². The van der Waals surface area contributed by atoms with Crippen LogP contribution < -0.4 is 5.32 Å². The SMILES string of the molecule is Cc1cccc2ncnc(NCCC3=CCOCC3)c12. The van der Waals surface area contributed by atoms with Crippen LogP contribution in [0.25, 0.3) is 10.9 Å². The van der Waals surface area contributed by atoms with E-state index < -0.39 is 0 Å². The smallest absolute Gasteiger partial charge is 0.137 e. The summed E-state index contributed by atoms with van der Waals surface area (Å²) in [4.78, 5) is 8.71. The molecule has 1 aromatic carbocycles. The molecule has 1 aromatic heterocycles. The molecule has 0 spiro atoms. The molecule has 2 aromatic rings. The maximum atomic E-state index is 5.32. The fourth-order valence-corrected chi connectivity index (χ4v) is 2.55. The fourth-order valence-electron chi connectivity index (χ4n) is 2.55. The molecule has 2 heterocycles. The highest BCUT2D eigenvalue weighted by molar-refractivity contribution is 5.91. The first kappa shape index (κ1) is 13.1. The van der Waals surface area contributed by atoms with Crippen molar-refractivity contribution in [1.82, 2.24) is 9.97 Å². The van der Waals surface area contributed by atoms with E-state index in [2.05, 4.69) is 34.4 Å². The maximum absolute atomic E-state index is 5.32. The van der Waals surface area contributed by atoms with Gasteiger partial charge in [-0.15, -0.1) is 0 Å². The van der Waals surface area contributed by atoms with Gasteiger partial charge in [-0.1, -0.05) is 23.8 Å². The molecule has 0 unspecified atom stereocenters. The van der Waals surface area contributed by atoms with Crippen molar-refractivity contribution in [3.8, 4) is 0 Å². The molecule has 20 heavy (non-hydrogen) atoms. The van der Waals surface area contributed by atoms with Gasteiger partial charge < -0.3 is 10.1 Å². The van der Waals surface area contributed by atoms with Gasteiger partial charge in [0.25, 0.3) is 0 Å². The van der Waals surface area contributed by atoms with E-state index in [1.807, 2.05) is 12.1 Å². The third kappa shape index (κ3) is 2.80. The molecule has 0 aliphatic carbocycles. The minimum atomic E-state index is 0.755. The van der Waals surface area contributed by atoms with E-state index in [1.54, 1.807) is 6.33 Å². The highest BCUT2D eigenvalue weighted by Gasteiger charge is 2.07. The van der Waals surface area contributed by atoms with E-state index in [9.17, 15) is 0 Å². The van der Waals surface area contributed by atoms with Gasteiger partial charge in [0.1, 0.15) is 12.1 Å². The van der Waals surface area contributed by atoms with Gasteiger partial charge >= 0.3 is 0 Å². The molecule has 1 N–H and O–H groups in total. The van der Waals surface area contributed by atoms with Gasteiger partial charge in [-0.3, -0.25) is 0 Å². The number of hydrogen-bond donors (Lipinski definition) is 1. The number of aromatic nitrogens is 2. The van der Waals surface area contributed by atoms with Crippen LogP contribution >= 0.6 is 0 Å². The average molecular weight is 269 g/mol. The van der Waals surface area contributed by atoms with Gasteiger partial charge in [0.15, 0.2) is 0 Å². The van der Waals surface area contributed by atoms with Crippen LogP contribution in [0.1, 0.15) is 18.4 Å². The predicted molar refractivity (Wildman–Crippen MR) is 80.9 cm³/mol. The van der Waals surface area contributed by atoms with Crippen LogP contribution in [-0.4, -0.2) is 29.7 Å². The summed E-state index contributed by atoms with van der Waals surface area (Å²) in [7, 11) is 0. The lowest BCUT2D eigenvalue weighted by molar-refractivity contribution is 0.153. The van der Waals surface area contributed by atoms with Crippen LogP contribution in [0.3, 0.4) is 0 Å². The topological polar surface area (TPSA) is 47.0 Å². The van der Waals surface area contributed by atoms with Crippen molar-refractivity contribution >= 4 is 16.7 Å². The number of ether oxygens (including phenoxy) is 1. The second-order valence-electron chi connectivity index (χ2n) is 5.06. The maximum Gasteiger partial charge on any atom is 0.137 e. The molecule has 104 valence electrons. The average Bonchev–Trinajstić information content (AvgIpc) is 2.49. The van der Waals surface area contributed by atoms with Crippen LogP contribution in [0.5, 0.6) is 0 Å². The molecular weight excluding hydrogens is 250 g/mol. The number of anilines is 1. The molecule has 0 saturated carbocycles. The summed E-state index contributed by atoms with van der Waals surface area (Å²) in [6, 6.07) is 6.15. The Hall–Kier alpha value is -1.94. The summed E-state index contributed by atoms with van der Waals surface area (Å²) < 4.78 is 5.32. The largest absolute Gasteiger partial charge is 0.377 e. The lowest BCUT2D eigenvalue weighted by Gasteiger charge is -2.14. The predicted octanol–water partition coefficient (Wildman–Crippen LogP) is 3.09. The standard InChI is InChI=1S/C16H19N3O/c1-12-3-2-4-14-15(12)16(19-11-18-14)17-8-5-13-6-9-20-10-7-13/h2-4,6,11H,5,7-10H2,1H3,(H,17,18,19). The number of fused-ring (bicyclic) bond motifs is 1. The van der Waals surface area contributed by atoms with Gasteiger partial charge in [0.05, 0.1) is 18.7 Å². The number of rotatable bonds is 4. The Morgan fingerprint density at radius 2 is 2.25 bits per heavy atom. The third-order valence-corrected chi connectivity index (χ3v) is 3.67. The van der Waals surface area contributed by atoms with Crippen LogP contribution in [0.2, 0.25) is 0 Å². The minimum Gasteiger partial charge on any atom is -0.377 e. The number of benzene rings is 1. The van der Waals surface area contributed by atoms with Crippen LogP contribution in [0.15, 0.2) is 36.2 Å².